The zero-order chi connectivity index (χ0) is 13.8. The average molecular weight is 256 g/mol. The van der Waals surface area contributed by atoms with Crippen molar-refractivity contribution in [3.8, 4) is 0 Å². The molecule has 0 heterocycles. The van der Waals surface area contributed by atoms with Gasteiger partial charge in [0.15, 0.2) is 0 Å². The van der Waals surface area contributed by atoms with Crippen LogP contribution in [0.2, 0.25) is 0 Å². The van der Waals surface area contributed by atoms with E-state index in [-0.39, 0.29) is 17.4 Å². The molecule has 0 amide bonds. The second-order valence-electron chi connectivity index (χ2n) is 5.65. The van der Waals surface area contributed by atoms with Crippen LogP contribution in [-0.2, 0) is 6.54 Å². The summed E-state index contributed by atoms with van der Waals surface area (Å²) in [5, 5.41) is 6.52. The van der Waals surface area contributed by atoms with Gasteiger partial charge in [-0.1, -0.05) is 0 Å². The summed E-state index contributed by atoms with van der Waals surface area (Å²) in [5.74, 6) is -0.784. The van der Waals surface area contributed by atoms with Gasteiger partial charge in [-0.15, -0.1) is 0 Å². The maximum Gasteiger partial charge on any atom is 0.127 e. The molecular weight excluding hydrogens is 234 g/mol. The van der Waals surface area contributed by atoms with Crippen molar-refractivity contribution in [2.75, 3.05) is 6.54 Å². The predicted molar refractivity (Wildman–Crippen MR) is 70.4 cm³/mol. The number of rotatable bonds is 5. The van der Waals surface area contributed by atoms with Crippen molar-refractivity contribution in [3.05, 3.63) is 35.4 Å². The minimum absolute atomic E-state index is 0.0556. The quantitative estimate of drug-likeness (QED) is 0.846. The van der Waals surface area contributed by atoms with E-state index < -0.39 is 5.82 Å². The summed E-state index contributed by atoms with van der Waals surface area (Å²) in [6.07, 6.45) is 0. The van der Waals surface area contributed by atoms with Crippen LogP contribution in [0.3, 0.4) is 0 Å². The average Bonchev–Trinajstić information content (AvgIpc) is 2.26. The van der Waals surface area contributed by atoms with Crippen LogP contribution in [0, 0.1) is 11.6 Å². The molecule has 0 aromatic heterocycles. The van der Waals surface area contributed by atoms with Crippen LogP contribution in [-0.4, -0.2) is 18.1 Å². The molecular formula is C14H22F2N2. The van der Waals surface area contributed by atoms with Gasteiger partial charge >= 0.3 is 0 Å². The molecule has 18 heavy (non-hydrogen) atoms. The van der Waals surface area contributed by atoms with E-state index in [4.69, 9.17) is 0 Å². The van der Waals surface area contributed by atoms with Crippen molar-refractivity contribution in [2.45, 2.75) is 45.8 Å². The van der Waals surface area contributed by atoms with E-state index in [0.717, 1.165) is 18.7 Å². The van der Waals surface area contributed by atoms with E-state index >= 15 is 0 Å². The highest BCUT2D eigenvalue weighted by Crippen LogP contribution is 2.09. The van der Waals surface area contributed by atoms with Crippen LogP contribution < -0.4 is 10.6 Å². The summed E-state index contributed by atoms with van der Waals surface area (Å²) < 4.78 is 26.3. The smallest absolute Gasteiger partial charge is 0.127 e. The summed E-state index contributed by atoms with van der Waals surface area (Å²) in [4.78, 5) is 0. The van der Waals surface area contributed by atoms with Gasteiger partial charge in [-0.2, -0.15) is 0 Å². The standard InChI is InChI=1S/C14H22F2N2/c1-10(8-18-14(2,3)4)17-9-11-7-12(15)5-6-13(11)16/h5-7,10,17-18H,8-9H2,1-4H3. The van der Waals surface area contributed by atoms with Crippen LogP contribution in [0.4, 0.5) is 8.78 Å². The first-order chi connectivity index (χ1) is 8.28. The van der Waals surface area contributed by atoms with E-state index in [9.17, 15) is 8.78 Å². The molecule has 0 spiro atoms. The second-order valence-corrected chi connectivity index (χ2v) is 5.65. The molecule has 0 fully saturated rings. The van der Waals surface area contributed by atoms with Crippen LogP contribution in [0.5, 0.6) is 0 Å². The Labute approximate surface area is 108 Å². The molecule has 102 valence electrons. The van der Waals surface area contributed by atoms with Crippen molar-refractivity contribution in [1.82, 2.24) is 10.6 Å². The fourth-order valence-electron chi connectivity index (χ4n) is 1.49. The Hall–Kier alpha value is -1.00. The topological polar surface area (TPSA) is 24.1 Å². The van der Waals surface area contributed by atoms with Gasteiger partial charge in [-0.25, -0.2) is 8.78 Å². The Morgan fingerprint density at radius 2 is 1.89 bits per heavy atom. The van der Waals surface area contributed by atoms with Gasteiger partial charge in [0, 0.05) is 30.2 Å². The molecule has 1 unspecified atom stereocenters. The highest BCUT2D eigenvalue weighted by Gasteiger charge is 2.11. The molecule has 0 saturated carbocycles. The van der Waals surface area contributed by atoms with Gasteiger partial charge in [0.1, 0.15) is 11.6 Å². The lowest BCUT2D eigenvalue weighted by atomic mass is 10.1. The number of benzene rings is 1. The van der Waals surface area contributed by atoms with Gasteiger partial charge < -0.3 is 10.6 Å². The summed E-state index contributed by atoms with van der Waals surface area (Å²) >= 11 is 0. The van der Waals surface area contributed by atoms with Crippen molar-refractivity contribution >= 4 is 0 Å². The Morgan fingerprint density at radius 3 is 2.50 bits per heavy atom. The molecule has 1 aromatic rings. The SMILES string of the molecule is CC(CNC(C)(C)C)NCc1cc(F)ccc1F. The molecule has 2 nitrogen and oxygen atoms in total. The lowest BCUT2D eigenvalue weighted by molar-refractivity contribution is 0.386. The first kappa shape index (κ1) is 15.1. The lowest BCUT2D eigenvalue weighted by Gasteiger charge is -2.24. The molecule has 0 aliphatic rings. The Kier molecular flexibility index (Phi) is 5.23. The largest absolute Gasteiger partial charge is 0.311 e. The maximum atomic E-state index is 13.4. The molecule has 2 N–H and O–H groups in total. The first-order valence-electron chi connectivity index (χ1n) is 6.20. The van der Waals surface area contributed by atoms with E-state index in [1.54, 1.807) is 0 Å². The van der Waals surface area contributed by atoms with E-state index in [1.807, 2.05) is 6.92 Å². The summed E-state index contributed by atoms with van der Waals surface area (Å²) in [5.41, 5.74) is 0.414. The van der Waals surface area contributed by atoms with Gasteiger partial charge in [0.05, 0.1) is 0 Å². The molecule has 4 heteroatoms. The molecule has 0 saturated heterocycles. The third-order valence-corrected chi connectivity index (χ3v) is 2.59. The number of hydrogen-bond acceptors (Lipinski definition) is 2. The van der Waals surface area contributed by atoms with Crippen molar-refractivity contribution in [1.29, 1.82) is 0 Å². The van der Waals surface area contributed by atoms with Crippen LogP contribution in [0.15, 0.2) is 18.2 Å². The minimum atomic E-state index is -0.409. The van der Waals surface area contributed by atoms with Crippen LogP contribution in [0.25, 0.3) is 0 Å². The number of halogens is 2. The fourth-order valence-corrected chi connectivity index (χ4v) is 1.49. The second kappa shape index (κ2) is 6.25. The van der Waals surface area contributed by atoms with Crippen molar-refractivity contribution in [3.63, 3.8) is 0 Å². The Bertz CT molecular complexity index is 386. The van der Waals surface area contributed by atoms with Gasteiger partial charge in [-0.05, 0) is 45.9 Å². The predicted octanol–water partition coefficient (Wildman–Crippen LogP) is 2.83. The highest BCUT2D eigenvalue weighted by atomic mass is 19.1. The molecule has 1 rings (SSSR count). The molecule has 0 radical (unpaired) electrons. The lowest BCUT2D eigenvalue weighted by Crippen LogP contribution is -2.44. The Morgan fingerprint density at radius 1 is 1.22 bits per heavy atom. The molecule has 1 atom stereocenters. The van der Waals surface area contributed by atoms with Crippen molar-refractivity contribution < 1.29 is 8.78 Å². The van der Waals surface area contributed by atoms with Gasteiger partial charge in [0.2, 0.25) is 0 Å². The van der Waals surface area contributed by atoms with Gasteiger partial charge in [0.25, 0.3) is 0 Å². The maximum absolute atomic E-state index is 13.4. The molecule has 0 aliphatic heterocycles. The fraction of sp³-hybridized carbons (Fsp3) is 0.571. The van der Waals surface area contributed by atoms with E-state index in [1.165, 1.54) is 6.07 Å². The summed E-state index contributed by atoms with van der Waals surface area (Å²) in [6, 6.07) is 3.70. The first-order valence-corrected chi connectivity index (χ1v) is 6.20. The molecule has 0 aliphatic carbocycles. The number of nitrogens with one attached hydrogen (secondary N) is 2. The highest BCUT2D eigenvalue weighted by molar-refractivity contribution is 5.18. The van der Waals surface area contributed by atoms with E-state index in [0.29, 0.717) is 12.1 Å². The zero-order valence-electron chi connectivity index (χ0n) is 11.5. The molecule has 1 aromatic carbocycles. The van der Waals surface area contributed by atoms with Gasteiger partial charge in [-0.3, -0.25) is 0 Å². The third-order valence-electron chi connectivity index (χ3n) is 2.59. The van der Waals surface area contributed by atoms with Crippen molar-refractivity contribution in [2.24, 2.45) is 0 Å². The van der Waals surface area contributed by atoms with E-state index in [2.05, 4.69) is 31.4 Å². The minimum Gasteiger partial charge on any atom is -0.311 e. The van der Waals surface area contributed by atoms with Crippen LogP contribution in [0.1, 0.15) is 33.3 Å². The Balaban J connectivity index is 2.42. The van der Waals surface area contributed by atoms with Crippen LogP contribution >= 0.6 is 0 Å². The zero-order valence-corrected chi connectivity index (χ0v) is 11.5. The third kappa shape index (κ3) is 5.56. The monoisotopic (exact) mass is 256 g/mol. The number of hydrogen-bond donors (Lipinski definition) is 2. The summed E-state index contributed by atoms with van der Waals surface area (Å²) in [6.45, 7) is 9.39. The molecule has 0 bridgehead atoms. The normalized spacial score (nSPS) is 13.7. The summed E-state index contributed by atoms with van der Waals surface area (Å²) in [7, 11) is 0.